The molecule has 0 aromatic carbocycles. The normalized spacial score (nSPS) is 15.6. The van der Waals surface area contributed by atoms with Crippen LogP contribution in [0, 0.1) is 5.92 Å². The summed E-state index contributed by atoms with van der Waals surface area (Å²) >= 11 is 0. The van der Waals surface area contributed by atoms with Crippen molar-refractivity contribution in [2.24, 2.45) is 11.7 Å². The fourth-order valence-corrected chi connectivity index (χ4v) is 0.861. The van der Waals surface area contributed by atoms with Gasteiger partial charge in [0, 0.05) is 0 Å². The molecule has 0 saturated heterocycles. The van der Waals surface area contributed by atoms with Crippen LogP contribution in [0.4, 0.5) is 0 Å². The number of carboxylic acids is 1. The van der Waals surface area contributed by atoms with Gasteiger partial charge in [-0.1, -0.05) is 6.92 Å². The standard InChI is InChI=1S/C8H18N2O2/c1-6(8(11)12)4-3-5-10-7(2)9/h6-7,10H,3-5,9H2,1-2H3,(H,11,12)/t6-,7?/m0/s1. The predicted octanol–water partition coefficient (Wildman–Crippen LogP) is 0.382. The van der Waals surface area contributed by atoms with Crippen molar-refractivity contribution in [1.29, 1.82) is 0 Å². The molecule has 0 saturated carbocycles. The largest absolute Gasteiger partial charge is 0.481 e. The highest BCUT2D eigenvalue weighted by molar-refractivity contribution is 5.69. The second-order valence-corrected chi connectivity index (χ2v) is 3.12. The Labute approximate surface area is 73.1 Å². The third kappa shape index (κ3) is 6.12. The van der Waals surface area contributed by atoms with Gasteiger partial charge in [-0.05, 0) is 26.3 Å². The third-order valence-electron chi connectivity index (χ3n) is 1.70. The maximum absolute atomic E-state index is 10.4. The molecule has 0 amide bonds. The zero-order valence-electron chi connectivity index (χ0n) is 7.71. The van der Waals surface area contributed by atoms with Crippen molar-refractivity contribution in [3.8, 4) is 0 Å². The quantitative estimate of drug-likeness (QED) is 0.402. The minimum atomic E-state index is -0.726. The van der Waals surface area contributed by atoms with Gasteiger partial charge in [-0.15, -0.1) is 0 Å². The molecule has 0 bridgehead atoms. The highest BCUT2D eigenvalue weighted by atomic mass is 16.4. The topological polar surface area (TPSA) is 75.3 Å². The van der Waals surface area contributed by atoms with Gasteiger partial charge < -0.3 is 16.2 Å². The highest BCUT2D eigenvalue weighted by Gasteiger charge is 2.09. The summed E-state index contributed by atoms with van der Waals surface area (Å²) in [4.78, 5) is 10.4. The number of carbonyl (C=O) groups is 1. The van der Waals surface area contributed by atoms with Crippen molar-refractivity contribution >= 4 is 5.97 Å². The summed E-state index contributed by atoms with van der Waals surface area (Å²) in [6, 6.07) is 0. The van der Waals surface area contributed by atoms with Crippen LogP contribution >= 0.6 is 0 Å². The summed E-state index contributed by atoms with van der Waals surface area (Å²) in [7, 11) is 0. The first-order valence-electron chi connectivity index (χ1n) is 4.25. The van der Waals surface area contributed by atoms with Gasteiger partial charge in [-0.3, -0.25) is 4.79 Å². The van der Waals surface area contributed by atoms with Crippen molar-refractivity contribution in [2.45, 2.75) is 32.9 Å². The molecule has 0 aliphatic carbocycles. The van der Waals surface area contributed by atoms with Gasteiger partial charge in [0.15, 0.2) is 0 Å². The molecule has 4 N–H and O–H groups in total. The molecule has 1 unspecified atom stereocenters. The molecule has 2 atom stereocenters. The maximum atomic E-state index is 10.4. The van der Waals surface area contributed by atoms with E-state index in [1.165, 1.54) is 0 Å². The number of carboxylic acid groups (broad SMARTS) is 1. The summed E-state index contributed by atoms with van der Waals surface area (Å²) in [6.45, 7) is 4.37. The minimum absolute atomic E-state index is 0.00914. The lowest BCUT2D eigenvalue weighted by Crippen LogP contribution is -2.34. The molecule has 0 rings (SSSR count). The van der Waals surface area contributed by atoms with Gasteiger partial charge in [0.1, 0.15) is 0 Å². The molecule has 12 heavy (non-hydrogen) atoms. The molecule has 0 aromatic rings. The molecule has 0 spiro atoms. The average molecular weight is 174 g/mol. The van der Waals surface area contributed by atoms with Crippen molar-refractivity contribution in [3.63, 3.8) is 0 Å². The van der Waals surface area contributed by atoms with Gasteiger partial charge in [-0.2, -0.15) is 0 Å². The second kappa shape index (κ2) is 5.97. The van der Waals surface area contributed by atoms with E-state index >= 15 is 0 Å². The monoisotopic (exact) mass is 174 g/mol. The molecular formula is C8H18N2O2. The van der Waals surface area contributed by atoms with E-state index in [0.717, 1.165) is 13.0 Å². The van der Waals surface area contributed by atoms with Crippen LogP contribution in [0.25, 0.3) is 0 Å². The lowest BCUT2D eigenvalue weighted by atomic mass is 10.1. The molecule has 0 aliphatic heterocycles. The SMILES string of the molecule is CC(N)NCCC[C@H](C)C(=O)O. The van der Waals surface area contributed by atoms with Crippen LogP contribution in [-0.4, -0.2) is 23.8 Å². The van der Waals surface area contributed by atoms with Crippen molar-refractivity contribution in [2.75, 3.05) is 6.54 Å². The predicted molar refractivity (Wildman–Crippen MR) is 47.7 cm³/mol. The number of rotatable bonds is 6. The zero-order chi connectivity index (χ0) is 9.56. The molecule has 0 heterocycles. The van der Waals surface area contributed by atoms with E-state index in [0.29, 0.717) is 6.42 Å². The molecule has 0 aliphatic rings. The first-order chi connectivity index (χ1) is 5.54. The first kappa shape index (κ1) is 11.4. The minimum Gasteiger partial charge on any atom is -0.481 e. The summed E-state index contributed by atoms with van der Waals surface area (Å²) in [6.07, 6.45) is 1.55. The fraction of sp³-hybridized carbons (Fsp3) is 0.875. The van der Waals surface area contributed by atoms with E-state index in [-0.39, 0.29) is 12.1 Å². The average Bonchev–Trinajstić information content (AvgIpc) is 1.97. The van der Waals surface area contributed by atoms with Crippen LogP contribution in [0.5, 0.6) is 0 Å². The number of aliphatic carboxylic acids is 1. The van der Waals surface area contributed by atoms with Crippen molar-refractivity contribution in [3.05, 3.63) is 0 Å². The van der Waals surface area contributed by atoms with E-state index in [2.05, 4.69) is 5.32 Å². The second-order valence-electron chi connectivity index (χ2n) is 3.12. The van der Waals surface area contributed by atoms with Crippen LogP contribution in [-0.2, 0) is 4.79 Å². The molecule has 0 fully saturated rings. The van der Waals surface area contributed by atoms with E-state index in [4.69, 9.17) is 10.8 Å². The summed E-state index contributed by atoms with van der Waals surface area (Å²) < 4.78 is 0. The first-order valence-corrected chi connectivity index (χ1v) is 4.25. The van der Waals surface area contributed by atoms with Gasteiger partial charge in [0.25, 0.3) is 0 Å². The summed E-state index contributed by atoms with van der Waals surface area (Å²) in [5.41, 5.74) is 5.44. The van der Waals surface area contributed by atoms with Crippen LogP contribution in [0.3, 0.4) is 0 Å². The Morgan fingerprint density at radius 2 is 2.17 bits per heavy atom. The molecule has 0 aromatic heterocycles. The number of hydrogen-bond acceptors (Lipinski definition) is 3. The number of nitrogens with one attached hydrogen (secondary N) is 1. The Morgan fingerprint density at radius 1 is 1.58 bits per heavy atom. The van der Waals surface area contributed by atoms with Gasteiger partial charge >= 0.3 is 5.97 Å². The molecule has 72 valence electrons. The number of nitrogens with two attached hydrogens (primary N) is 1. The Balaban J connectivity index is 3.25. The van der Waals surface area contributed by atoms with Gasteiger partial charge in [0.2, 0.25) is 0 Å². The van der Waals surface area contributed by atoms with Crippen molar-refractivity contribution < 1.29 is 9.90 Å². The van der Waals surface area contributed by atoms with Gasteiger partial charge in [0.05, 0.1) is 12.1 Å². The van der Waals surface area contributed by atoms with Crippen LogP contribution < -0.4 is 11.1 Å². The lowest BCUT2D eigenvalue weighted by Gasteiger charge is -2.09. The zero-order valence-corrected chi connectivity index (χ0v) is 7.71. The Hall–Kier alpha value is -0.610. The Bertz CT molecular complexity index is 137. The Kier molecular flexibility index (Phi) is 5.66. The van der Waals surface area contributed by atoms with Crippen LogP contribution in [0.2, 0.25) is 0 Å². The van der Waals surface area contributed by atoms with Crippen LogP contribution in [0.1, 0.15) is 26.7 Å². The summed E-state index contributed by atoms with van der Waals surface area (Å²) in [5.74, 6) is -0.976. The maximum Gasteiger partial charge on any atom is 0.306 e. The third-order valence-corrected chi connectivity index (χ3v) is 1.70. The fourth-order valence-electron chi connectivity index (χ4n) is 0.861. The smallest absolute Gasteiger partial charge is 0.306 e. The van der Waals surface area contributed by atoms with Crippen molar-refractivity contribution in [1.82, 2.24) is 5.32 Å². The van der Waals surface area contributed by atoms with E-state index in [9.17, 15) is 4.79 Å². The molecular weight excluding hydrogens is 156 g/mol. The molecule has 4 heteroatoms. The highest BCUT2D eigenvalue weighted by Crippen LogP contribution is 2.03. The lowest BCUT2D eigenvalue weighted by molar-refractivity contribution is -0.141. The molecule has 0 radical (unpaired) electrons. The van der Waals surface area contributed by atoms with E-state index < -0.39 is 5.97 Å². The summed E-state index contributed by atoms with van der Waals surface area (Å²) in [5, 5.41) is 11.6. The van der Waals surface area contributed by atoms with Gasteiger partial charge in [-0.25, -0.2) is 0 Å². The van der Waals surface area contributed by atoms with E-state index in [1.807, 2.05) is 6.92 Å². The van der Waals surface area contributed by atoms with Crippen LogP contribution in [0.15, 0.2) is 0 Å². The number of hydrogen-bond donors (Lipinski definition) is 3. The Morgan fingerprint density at radius 3 is 2.58 bits per heavy atom. The molecule has 4 nitrogen and oxygen atoms in total. The van der Waals surface area contributed by atoms with E-state index in [1.54, 1.807) is 6.92 Å².